The number of nitrogens with zero attached hydrogens (tertiary/aromatic N) is 2. The van der Waals surface area contributed by atoms with Crippen LogP contribution in [-0.2, 0) is 13.0 Å². The summed E-state index contributed by atoms with van der Waals surface area (Å²) in [6, 6.07) is 4.87. The molecule has 0 bridgehead atoms. The summed E-state index contributed by atoms with van der Waals surface area (Å²) in [4.78, 5) is 16.6. The smallest absolute Gasteiger partial charge is 0.254 e. The number of rotatable bonds is 6. The van der Waals surface area contributed by atoms with Gasteiger partial charge in [-0.25, -0.2) is 9.37 Å². The van der Waals surface area contributed by atoms with Crippen LogP contribution < -0.4 is 10.6 Å². The van der Waals surface area contributed by atoms with Gasteiger partial charge in [-0.05, 0) is 63.4 Å². The Labute approximate surface area is 147 Å². The quantitative estimate of drug-likeness (QED) is 0.845. The minimum Gasteiger partial charge on any atom is -0.350 e. The number of benzene rings is 1. The highest BCUT2D eigenvalue weighted by Gasteiger charge is 2.17. The summed E-state index contributed by atoms with van der Waals surface area (Å²) in [6.45, 7) is 7.02. The molecule has 1 amide bonds. The zero-order chi connectivity index (χ0) is 17.8. The molecular formula is C19H25FN4O. The first kappa shape index (κ1) is 17.6. The number of aryl methyl sites for hydroxylation is 1. The van der Waals surface area contributed by atoms with Crippen LogP contribution in [0.3, 0.4) is 0 Å². The van der Waals surface area contributed by atoms with Gasteiger partial charge in [0.15, 0.2) is 0 Å². The number of nitrogens with one attached hydrogen (secondary N) is 2. The number of carbonyl (C=O) groups is 1. The Bertz CT molecular complexity index is 750. The van der Waals surface area contributed by atoms with Crippen molar-refractivity contribution in [2.75, 3.05) is 19.6 Å². The molecule has 1 aliphatic heterocycles. The van der Waals surface area contributed by atoms with Crippen molar-refractivity contribution < 1.29 is 9.18 Å². The number of halogens is 1. The molecule has 2 aromatic rings. The highest BCUT2D eigenvalue weighted by molar-refractivity contribution is 5.94. The van der Waals surface area contributed by atoms with E-state index in [1.807, 2.05) is 18.4 Å². The molecule has 5 nitrogen and oxygen atoms in total. The summed E-state index contributed by atoms with van der Waals surface area (Å²) in [5.74, 6) is -0.271. The minimum absolute atomic E-state index is 0.127. The number of hydrogen-bond donors (Lipinski definition) is 2. The van der Waals surface area contributed by atoms with Gasteiger partial charge < -0.3 is 15.2 Å². The minimum atomic E-state index is -0.472. The maximum absolute atomic E-state index is 14.1. The Morgan fingerprint density at radius 3 is 2.96 bits per heavy atom. The normalized spacial score (nSPS) is 17.0. The van der Waals surface area contributed by atoms with E-state index < -0.39 is 5.82 Å². The molecule has 1 unspecified atom stereocenters. The first-order valence-electron chi connectivity index (χ1n) is 8.80. The van der Waals surface area contributed by atoms with Crippen LogP contribution in [0.25, 0.3) is 0 Å². The predicted molar refractivity (Wildman–Crippen MR) is 95.1 cm³/mol. The second-order valence-electron chi connectivity index (χ2n) is 6.74. The van der Waals surface area contributed by atoms with Gasteiger partial charge in [0, 0.05) is 18.8 Å². The third-order valence-electron chi connectivity index (χ3n) is 4.95. The van der Waals surface area contributed by atoms with E-state index in [0.29, 0.717) is 19.0 Å². The van der Waals surface area contributed by atoms with Crippen LogP contribution in [0, 0.1) is 25.6 Å². The fourth-order valence-electron chi connectivity index (χ4n) is 3.25. The van der Waals surface area contributed by atoms with Crippen molar-refractivity contribution >= 4 is 5.91 Å². The van der Waals surface area contributed by atoms with Gasteiger partial charge in [-0.3, -0.25) is 4.79 Å². The van der Waals surface area contributed by atoms with E-state index in [9.17, 15) is 9.18 Å². The van der Waals surface area contributed by atoms with Gasteiger partial charge in [-0.2, -0.15) is 0 Å². The summed E-state index contributed by atoms with van der Waals surface area (Å²) < 4.78 is 16.0. The van der Waals surface area contributed by atoms with Gasteiger partial charge in [-0.1, -0.05) is 6.07 Å². The number of hydrogen-bond acceptors (Lipinski definition) is 3. The first-order valence-corrected chi connectivity index (χ1v) is 8.80. The third kappa shape index (κ3) is 4.25. The van der Waals surface area contributed by atoms with E-state index in [1.54, 1.807) is 18.5 Å². The van der Waals surface area contributed by atoms with Gasteiger partial charge >= 0.3 is 0 Å². The standard InChI is InChI=1S/C19H25FN4O/c1-13-14(2)24(12-23-13)8-7-22-19(25)17-10-15(3-4-18(17)20)9-16-5-6-21-11-16/h3-4,10,12,16,21H,5-9,11H2,1-2H3,(H,22,25). The van der Waals surface area contributed by atoms with E-state index in [-0.39, 0.29) is 11.5 Å². The van der Waals surface area contributed by atoms with E-state index in [4.69, 9.17) is 0 Å². The molecule has 1 aromatic carbocycles. The number of aromatic nitrogens is 2. The number of carbonyl (C=O) groups excluding carboxylic acids is 1. The lowest BCUT2D eigenvalue weighted by Crippen LogP contribution is -2.28. The Hall–Kier alpha value is -2.21. The van der Waals surface area contributed by atoms with Crippen LogP contribution >= 0.6 is 0 Å². The summed E-state index contributed by atoms with van der Waals surface area (Å²) in [5, 5.41) is 6.14. The zero-order valence-electron chi connectivity index (χ0n) is 14.8. The average molecular weight is 344 g/mol. The van der Waals surface area contributed by atoms with Gasteiger partial charge in [0.05, 0.1) is 17.6 Å². The Kier molecular flexibility index (Phi) is 5.48. The molecule has 0 radical (unpaired) electrons. The van der Waals surface area contributed by atoms with Gasteiger partial charge in [0.1, 0.15) is 5.82 Å². The first-order chi connectivity index (χ1) is 12.0. The van der Waals surface area contributed by atoms with Crippen LogP contribution in [0.1, 0.15) is 33.7 Å². The molecule has 1 aliphatic rings. The van der Waals surface area contributed by atoms with Crippen LogP contribution in [0.5, 0.6) is 0 Å². The van der Waals surface area contributed by atoms with Crippen LogP contribution in [0.2, 0.25) is 0 Å². The lowest BCUT2D eigenvalue weighted by molar-refractivity contribution is 0.0948. The van der Waals surface area contributed by atoms with Crippen molar-refractivity contribution in [1.29, 1.82) is 0 Å². The predicted octanol–water partition coefficient (Wildman–Crippen LogP) is 2.22. The van der Waals surface area contributed by atoms with Crippen molar-refractivity contribution in [3.63, 3.8) is 0 Å². The van der Waals surface area contributed by atoms with Crippen LogP contribution in [0.4, 0.5) is 4.39 Å². The zero-order valence-corrected chi connectivity index (χ0v) is 14.8. The Morgan fingerprint density at radius 2 is 2.28 bits per heavy atom. The molecule has 2 N–H and O–H groups in total. The van der Waals surface area contributed by atoms with Crippen molar-refractivity contribution in [3.8, 4) is 0 Å². The van der Waals surface area contributed by atoms with Gasteiger partial charge in [0.2, 0.25) is 0 Å². The monoisotopic (exact) mass is 344 g/mol. The van der Waals surface area contributed by atoms with Crippen molar-refractivity contribution in [2.45, 2.75) is 33.2 Å². The summed E-state index contributed by atoms with van der Waals surface area (Å²) in [7, 11) is 0. The second-order valence-corrected chi connectivity index (χ2v) is 6.74. The molecule has 1 fully saturated rings. The molecule has 6 heteroatoms. The fourth-order valence-corrected chi connectivity index (χ4v) is 3.25. The molecule has 2 heterocycles. The van der Waals surface area contributed by atoms with Crippen LogP contribution in [-0.4, -0.2) is 35.1 Å². The third-order valence-corrected chi connectivity index (χ3v) is 4.95. The molecule has 0 aliphatic carbocycles. The van der Waals surface area contributed by atoms with Crippen molar-refractivity contribution in [3.05, 3.63) is 52.9 Å². The van der Waals surface area contributed by atoms with E-state index in [2.05, 4.69) is 15.6 Å². The molecule has 1 saturated heterocycles. The molecule has 134 valence electrons. The maximum atomic E-state index is 14.1. The molecule has 1 aromatic heterocycles. The molecule has 1 atom stereocenters. The van der Waals surface area contributed by atoms with Crippen molar-refractivity contribution in [1.82, 2.24) is 20.2 Å². The SMILES string of the molecule is Cc1ncn(CCNC(=O)c2cc(CC3CCNC3)ccc2F)c1C. The summed E-state index contributed by atoms with van der Waals surface area (Å²) in [5.41, 5.74) is 3.20. The lowest BCUT2D eigenvalue weighted by atomic mass is 9.97. The summed E-state index contributed by atoms with van der Waals surface area (Å²) in [6.07, 6.45) is 3.76. The number of imidazole rings is 1. The van der Waals surface area contributed by atoms with Gasteiger partial charge in [-0.15, -0.1) is 0 Å². The lowest BCUT2D eigenvalue weighted by Gasteiger charge is -2.11. The second kappa shape index (κ2) is 7.78. The number of amides is 1. The van der Waals surface area contributed by atoms with E-state index >= 15 is 0 Å². The van der Waals surface area contributed by atoms with Crippen LogP contribution in [0.15, 0.2) is 24.5 Å². The topological polar surface area (TPSA) is 59.0 Å². The van der Waals surface area contributed by atoms with Gasteiger partial charge in [0.25, 0.3) is 5.91 Å². The fraction of sp³-hybridized carbons (Fsp3) is 0.474. The average Bonchev–Trinajstić information content (AvgIpc) is 3.21. The van der Waals surface area contributed by atoms with E-state index in [1.165, 1.54) is 6.07 Å². The Morgan fingerprint density at radius 1 is 1.44 bits per heavy atom. The molecular weight excluding hydrogens is 319 g/mol. The molecule has 25 heavy (non-hydrogen) atoms. The molecule has 3 rings (SSSR count). The highest BCUT2D eigenvalue weighted by Crippen LogP contribution is 2.18. The molecule has 0 saturated carbocycles. The summed E-state index contributed by atoms with van der Waals surface area (Å²) >= 11 is 0. The van der Waals surface area contributed by atoms with Crippen molar-refractivity contribution in [2.24, 2.45) is 5.92 Å². The highest BCUT2D eigenvalue weighted by atomic mass is 19.1. The molecule has 0 spiro atoms. The largest absolute Gasteiger partial charge is 0.350 e. The maximum Gasteiger partial charge on any atom is 0.254 e. The van der Waals surface area contributed by atoms with E-state index in [0.717, 1.165) is 42.9 Å². The Balaban J connectivity index is 1.59.